The fraction of sp³-hybridized carbons (Fsp3) is 0.538. The van der Waals surface area contributed by atoms with Crippen molar-refractivity contribution >= 4 is 12.0 Å². The lowest BCUT2D eigenvalue weighted by Gasteiger charge is -2.08. The monoisotopic (exact) mass is 268 g/mol. The van der Waals surface area contributed by atoms with E-state index in [0.29, 0.717) is 31.7 Å². The van der Waals surface area contributed by atoms with Gasteiger partial charge in [0.15, 0.2) is 0 Å². The molecule has 106 valence electrons. The van der Waals surface area contributed by atoms with E-state index in [-0.39, 0.29) is 11.9 Å². The van der Waals surface area contributed by atoms with E-state index in [1.807, 2.05) is 19.1 Å². The van der Waals surface area contributed by atoms with E-state index in [4.69, 9.17) is 9.52 Å². The highest BCUT2D eigenvalue weighted by atomic mass is 16.4. The lowest BCUT2D eigenvalue weighted by atomic mass is 10.1. The minimum atomic E-state index is -0.808. The molecule has 0 aliphatic rings. The number of carbonyl (C=O) groups is 2. The first-order valence-corrected chi connectivity index (χ1v) is 6.29. The van der Waals surface area contributed by atoms with E-state index < -0.39 is 5.97 Å². The van der Waals surface area contributed by atoms with Gasteiger partial charge in [0, 0.05) is 6.54 Å². The van der Waals surface area contributed by atoms with Gasteiger partial charge in [-0.2, -0.15) is 0 Å². The molecule has 0 radical (unpaired) electrons. The summed E-state index contributed by atoms with van der Waals surface area (Å²) in [4.78, 5) is 22.0. The van der Waals surface area contributed by atoms with Gasteiger partial charge in [-0.25, -0.2) is 4.79 Å². The van der Waals surface area contributed by atoms with Crippen LogP contribution in [0.2, 0.25) is 0 Å². The van der Waals surface area contributed by atoms with Crippen LogP contribution in [0.25, 0.3) is 0 Å². The molecule has 0 saturated carbocycles. The smallest absolute Gasteiger partial charge is 0.315 e. The predicted molar refractivity (Wildman–Crippen MR) is 69.7 cm³/mol. The summed E-state index contributed by atoms with van der Waals surface area (Å²) < 4.78 is 5.31. The van der Waals surface area contributed by atoms with Gasteiger partial charge in [0.2, 0.25) is 0 Å². The van der Waals surface area contributed by atoms with Crippen molar-refractivity contribution in [1.29, 1.82) is 0 Å². The van der Waals surface area contributed by atoms with Gasteiger partial charge in [-0.1, -0.05) is 6.92 Å². The zero-order valence-electron chi connectivity index (χ0n) is 11.2. The van der Waals surface area contributed by atoms with Gasteiger partial charge in [0.1, 0.15) is 11.5 Å². The van der Waals surface area contributed by atoms with Crippen LogP contribution in [-0.4, -0.2) is 23.7 Å². The number of hydrogen-bond acceptors (Lipinski definition) is 3. The van der Waals surface area contributed by atoms with Crippen molar-refractivity contribution in [2.75, 3.05) is 6.54 Å². The minimum absolute atomic E-state index is 0.281. The summed E-state index contributed by atoms with van der Waals surface area (Å²) in [5.74, 6) is 0.320. The Morgan fingerprint density at radius 1 is 1.37 bits per heavy atom. The van der Waals surface area contributed by atoms with Gasteiger partial charge in [0.05, 0.1) is 12.5 Å². The lowest BCUT2D eigenvalue weighted by molar-refractivity contribution is -0.141. The maximum absolute atomic E-state index is 11.4. The number of hydrogen-bond donors (Lipinski definition) is 3. The van der Waals surface area contributed by atoms with Crippen LogP contribution < -0.4 is 10.6 Å². The molecule has 1 rings (SSSR count). The summed E-state index contributed by atoms with van der Waals surface area (Å²) in [5.41, 5.74) is 0. The van der Waals surface area contributed by atoms with E-state index in [1.54, 1.807) is 6.92 Å². The van der Waals surface area contributed by atoms with Gasteiger partial charge in [-0.05, 0) is 31.9 Å². The Morgan fingerprint density at radius 2 is 2.11 bits per heavy atom. The zero-order valence-corrected chi connectivity index (χ0v) is 11.2. The van der Waals surface area contributed by atoms with Gasteiger partial charge in [0.25, 0.3) is 0 Å². The summed E-state index contributed by atoms with van der Waals surface area (Å²) in [6.07, 6.45) is 1.19. The normalized spacial score (nSPS) is 11.9. The number of furan rings is 1. The number of aryl methyl sites for hydroxylation is 1. The van der Waals surface area contributed by atoms with Crippen molar-refractivity contribution in [2.45, 2.75) is 33.2 Å². The first kappa shape index (κ1) is 15.1. The molecule has 1 aromatic rings. The Morgan fingerprint density at radius 3 is 2.68 bits per heavy atom. The summed E-state index contributed by atoms with van der Waals surface area (Å²) >= 11 is 0. The first-order valence-electron chi connectivity index (χ1n) is 6.29. The average molecular weight is 268 g/mol. The van der Waals surface area contributed by atoms with Gasteiger partial charge in [-0.3, -0.25) is 4.79 Å². The number of carboxylic acid groups (broad SMARTS) is 1. The van der Waals surface area contributed by atoms with E-state index >= 15 is 0 Å². The first-order chi connectivity index (χ1) is 8.99. The fourth-order valence-corrected chi connectivity index (χ4v) is 1.54. The molecule has 1 atom stereocenters. The van der Waals surface area contributed by atoms with E-state index in [9.17, 15) is 9.59 Å². The molecule has 0 bridgehead atoms. The lowest BCUT2D eigenvalue weighted by Crippen LogP contribution is -2.35. The molecule has 0 aliphatic heterocycles. The highest BCUT2D eigenvalue weighted by Gasteiger charge is 2.10. The number of amides is 2. The van der Waals surface area contributed by atoms with Crippen molar-refractivity contribution in [3.05, 3.63) is 23.7 Å². The minimum Gasteiger partial charge on any atom is -0.481 e. The molecule has 0 aliphatic carbocycles. The molecule has 0 aromatic carbocycles. The molecule has 1 aromatic heterocycles. The van der Waals surface area contributed by atoms with E-state index in [1.165, 1.54) is 0 Å². The number of carbonyl (C=O) groups excluding carboxylic acids is 1. The maximum Gasteiger partial charge on any atom is 0.315 e. The molecule has 1 unspecified atom stereocenters. The van der Waals surface area contributed by atoms with Crippen LogP contribution in [0.1, 0.15) is 31.3 Å². The number of urea groups is 1. The summed E-state index contributed by atoms with van der Waals surface area (Å²) in [6, 6.07) is 3.36. The van der Waals surface area contributed by atoms with Gasteiger partial charge >= 0.3 is 12.0 Å². The molecule has 3 N–H and O–H groups in total. The third kappa shape index (κ3) is 5.94. The number of nitrogens with one attached hydrogen (secondary N) is 2. The van der Waals surface area contributed by atoms with Crippen LogP contribution >= 0.6 is 0 Å². The third-order valence-electron chi connectivity index (χ3n) is 2.74. The molecular weight excluding hydrogens is 248 g/mol. The van der Waals surface area contributed by atoms with Gasteiger partial charge in [-0.15, -0.1) is 0 Å². The van der Waals surface area contributed by atoms with Crippen molar-refractivity contribution in [2.24, 2.45) is 5.92 Å². The zero-order chi connectivity index (χ0) is 14.3. The molecular formula is C13H20N2O4. The van der Waals surface area contributed by atoms with Crippen LogP contribution in [0.5, 0.6) is 0 Å². The molecule has 0 spiro atoms. The Balaban J connectivity index is 2.10. The Labute approximate surface area is 112 Å². The Kier molecular flexibility index (Phi) is 5.92. The number of aliphatic carboxylic acids is 1. The van der Waals surface area contributed by atoms with Crippen LogP contribution in [0.15, 0.2) is 16.5 Å². The summed E-state index contributed by atoms with van der Waals surface area (Å²) in [5, 5.41) is 14.0. The topological polar surface area (TPSA) is 91.6 Å². The third-order valence-corrected chi connectivity index (χ3v) is 2.74. The molecule has 0 fully saturated rings. The molecule has 6 heteroatoms. The SMILES string of the molecule is Cc1ccc(CNC(=O)NCCCC(C)C(=O)O)o1. The maximum atomic E-state index is 11.4. The quantitative estimate of drug-likeness (QED) is 0.658. The van der Waals surface area contributed by atoms with Crippen LogP contribution in [0, 0.1) is 12.8 Å². The molecule has 0 saturated heterocycles. The Bertz CT molecular complexity index is 428. The van der Waals surface area contributed by atoms with E-state index in [2.05, 4.69) is 10.6 Å². The van der Waals surface area contributed by atoms with Crippen LogP contribution in [0.4, 0.5) is 4.79 Å². The molecule has 6 nitrogen and oxygen atoms in total. The highest BCUT2D eigenvalue weighted by molar-refractivity contribution is 5.73. The van der Waals surface area contributed by atoms with E-state index in [0.717, 1.165) is 5.76 Å². The van der Waals surface area contributed by atoms with Crippen molar-refractivity contribution in [3.8, 4) is 0 Å². The molecule has 2 amide bonds. The van der Waals surface area contributed by atoms with Crippen molar-refractivity contribution in [3.63, 3.8) is 0 Å². The largest absolute Gasteiger partial charge is 0.481 e. The number of carboxylic acids is 1. The Hall–Kier alpha value is -1.98. The number of rotatable bonds is 7. The molecule has 1 heterocycles. The summed E-state index contributed by atoms with van der Waals surface area (Å²) in [7, 11) is 0. The summed E-state index contributed by atoms with van der Waals surface area (Å²) in [6.45, 7) is 4.29. The second kappa shape index (κ2) is 7.45. The van der Waals surface area contributed by atoms with Crippen LogP contribution in [-0.2, 0) is 11.3 Å². The van der Waals surface area contributed by atoms with Crippen molar-refractivity contribution in [1.82, 2.24) is 10.6 Å². The van der Waals surface area contributed by atoms with Crippen molar-refractivity contribution < 1.29 is 19.1 Å². The second-order valence-corrected chi connectivity index (χ2v) is 4.50. The second-order valence-electron chi connectivity index (χ2n) is 4.50. The predicted octanol–water partition coefficient (Wildman–Crippen LogP) is 1.89. The average Bonchev–Trinajstić information content (AvgIpc) is 2.77. The van der Waals surface area contributed by atoms with Gasteiger partial charge < -0.3 is 20.2 Å². The molecule has 19 heavy (non-hydrogen) atoms. The van der Waals surface area contributed by atoms with Crippen LogP contribution in [0.3, 0.4) is 0 Å². The highest BCUT2D eigenvalue weighted by Crippen LogP contribution is 2.05. The standard InChI is InChI=1S/C13H20N2O4/c1-9(12(16)17)4-3-7-14-13(18)15-8-11-6-5-10(2)19-11/h5-6,9H,3-4,7-8H2,1-2H3,(H,16,17)(H2,14,15,18). The fourth-order valence-electron chi connectivity index (χ4n) is 1.54.